The van der Waals surface area contributed by atoms with Gasteiger partial charge in [-0.05, 0) is 86.6 Å². The van der Waals surface area contributed by atoms with Gasteiger partial charge in [0.1, 0.15) is 24.9 Å². The number of rotatable bonds is 12. The minimum absolute atomic E-state index is 0.0810. The number of hydrogen-bond donors (Lipinski definition) is 0. The summed E-state index contributed by atoms with van der Waals surface area (Å²) in [5, 5.41) is 0. The summed E-state index contributed by atoms with van der Waals surface area (Å²) in [5.74, 6) is -1.68. The third-order valence-electron chi connectivity index (χ3n) is 13.4. The van der Waals surface area contributed by atoms with Crippen LogP contribution < -0.4 is 9.47 Å². The van der Waals surface area contributed by atoms with Crippen LogP contribution in [0.25, 0.3) is 0 Å². The molecular formula is C52H47NO12. The lowest BCUT2D eigenvalue weighted by atomic mass is 9.53. The van der Waals surface area contributed by atoms with Crippen LogP contribution in [0.15, 0.2) is 146 Å². The zero-order chi connectivity index (χ0) is 44.7. The van der Waals surface area contributed by atoms with Crippen LogP contribution in [0.4, 0.5) is 0 Å². The number of hydrogen-bond acceptors (Lipinski definition) is 13. The van der Waals surface area contributed by atoms with Gasteiger partial charge in [0.15, 0.2) is 36.1 Å². The second kappa shape index (κ2) is 17.6. The Morgan fingerprint density at radius 1 is 0.662 bits per heavy atom. The van der Waals surface area contributed by atoms with E-state index in [-0.39, 0.29) is 34.2 Å². The third kappa shape index (κ3) is 7.73. The predicted octanol–water partition coefficient (Wildman–Crippen LogP) is 6.78. The lowest BCUT2D eigenvalue weighted by Crippen LogP contribution is -2.67. The molecule has 2 aliphatic carbocycles. The molecule has 65 heavy (non-hydrogen) atoms. The Morgan fingerprint density at radius 2 is 1.20 bits per heavy atom. The minimum Gasteiger partial charge on any atom is -0.493 e. The van der Waals surface area contributed by atoms with Crippen molar-refractivity contribution in [1.29, 1.82) is 0 Å². The van der Waals surface area contributed by atoms with Crippen LogP contribution in [0.3, 0.4) is 0 Å². The topological polar surface area (TPSA) is 145 Å². The number of esters is 4. The monoisotopic (exact) mass is 877 g/mol. The number of benzene rings is 5. The molecule has 5 aliphatic rings. The molecule has 10 rings (SSSR count). The predicted molar refractivity (Wildman–Crippen MR) is 234 cm³/mol. The molecule has 0 radical (unpaired) electrons. The van der Waals surface area contributed by atoms with Crippen molar-refractivity contribution >= 4 is 23.9 Å². The molecule has 0 aromatic heterocycles. The summed E-state index contributed by atoms with van der Waals surface area (Å²) >= 11 is 0. The molecular weight excluding hydrogens is 831 g/mol. The second-order valence-electron chi connectivity index (χ2n) is 16.9. The van der Waals surface area contributed by atoms with Gasteiger partial charge in [0, 0.05) is 22.9 Å². The molecule has 13 heteroatoms. The summed E-state index contributed by atoms with van der Waals surface area (Å²) < 4.78 is 51.5. The van der Waals surface area contributed by atoms with Gasteiger partial charge in [-0.1, -0.05) is 91.0 Å². The normalized spacial score (nSPS) is 28.2. The van der Waals surface area contributed by atoms with Crippen LogP contribution in [0.2, 0.25) is 0 Å². The second-order valence-corrected chi connectivity index (χ2v) is 16.9. The highest BCUT2D eigenvalue weighted by Crippen LogP contribution is 2.63. The molecule has 2 fully saturated rings. The van der Waals surface area contributed by atoms with Crippen molar-refractivity contribution in [2.45, 2.75) is 67.2 Å². The fourth-order valence-corrected chi connectivity index (χ4v) is 10.3. The van der Waals surface area contributed by atoms with Crippen molar-refractivity contribution in [3.63, 3.8) is 0 Å². The number of ether oxygens (including phenoxy) is 8. The van der Waals surface area contributed by atoms with Crippen molar-refractivity contribution in [1.82, 2.24) is 4.90 Å². The van der Waals surface area contributed by atoms with Crippen LogP contribution in [0.1, 0.15) is 59.0 Å². The summed E-state index contributed by atoms with van der Waals surface area (Å²) in [6.07, 6.45) is -3.13. The number of methoxy groups -OCH3 is 1. The Hall–Kier alpha value is -6.80. The number of carbonyl (C=O) groups excluding carboxylic acids is 4. The number of carbonyl (C=O) groups is 4. The molecule has 5 aromatic rings. The maximum absolute atomic E-state index is 14.2. The first-order valence-corrected chi connectivity index (χ1v) is 21.8. The van der Waals surface area contributed by atoms with Gasteiger partial charge in [0.05, 0.1) is 29.4 Å². The van der Waals surface area contributed by atoms with Gasteiger partial charge in [-0.15, -0.1) is 0 Å². The molecule has 332 valence electrons. The number of nitrogens with zero attached hydrogens (tertiary/aromatic N) is 1. The van der Waals surface area contributed by atoms with Crippen LogP contribution in [-0.2, 0) is 40.3 Å². The molecule has 1 spiro atoms. The summed E-state index contributed by atoms with van der Waals surface area (Å²) in [5.41, 5.74) is 2.63. The van der Waals surface area contributed by atoms with E-state index in [1.54, 1.807) is 128 Å². The maximum Gasteiger partial charge on any atom is 0.338 e. The van der Waals surface area contributed by atoms with E-state index in [9.17, 15) is 19.2 Å². The summed E-state index contributed by atoms with van der Waals surface area (Å²) in [6, 6.07) is 37.5. The highest BCUT2D eigenvalue weighted by molar-refractivity contribution is 5.91. The van der Waals surface area contributed by atoms with E-state index >= 15 is 0 Å². The Labute approximate surface area is 375 Å². The van der Waals surface area contributed by atoms with Gasteiger partial charge in [0.2, 0.25) is 0 Å². The van der Waals surface area contributed by atoms with Crippen LogP contribution in [-0.4, -0.2) is 105 Å². The number of piperidine rings is 1. The van der Waals surface area contributed by atoms with Crippen molar-refractivity contribution in [2.24, 2.45) is 5.92 Å². The van der Waals surface area contributed by atoms with Gasteiger partial charge in [-0.25, -0.2) is 19.2 Å². The first-order valence-electron chi connectivity index (χ1n) is 21.8. The molecule has 0 amide bonds. The lowest BCUT2D eigenvalue weighted by Gasteiger charge is -2.57. The van der Waals surface area contributed by atoms with E-state index in [0.29, 0.717) is 11.5 Å². The summed E-state index contributed by atoms with van der Waals surface area (Å²) in [6.45, 7) is 0.335. The smallest absolute Gasteiger partial charge is 0.338 e. The maximum atomic E-state index is 14.2. The molecule has 0 unspecified atom stereocenters. The Morgan fingerprint density at radius 3 is 1.77 bits per heavy atom. The third-order valence-corrected chi connectivity index (χ3v) is 13.4. The van der Waals surface area contributed by atoms with Gasteiger partial charge < -0.3 is 42.8 Å². The molecule has 0 saturated carbocycles. The first kappa shape index (κ1) is 42.2. The van der Waals surface area contributed by atoms with E-state index in [2.05, 4.69) is 24.1 Å². The quantitative estimate of drug-likeness (QED) is 0.0738. The van der Waals surface area contributed by atoms with E-state index < -0.39 is 78.8 Å². The number of likely N-dealkylation sites (N-methyl/N-ethyl adjacent to an activating group) is 1. The first-order chi connectivity index (χ1) is 31.7. The van der Waals surface area contributed by atoms with Crippen LogP contribution >= 0.6 is 0 Å². The fourth-order valence-electron chi connectivity index (χ4n) is 10.3. The average molecular weight is 878 g/mol. The van der Waals surface area contributed by atoms with Gasteiger partial charge in [0.25, 0.3) is 0 Å². The largest absolute Gasteiger partial charge is 0.493 e. The van der Waals surface area contributed by atoms with Crippen molar-refractivity contribution in [2.75, 3.05) is 27.3 Å². The Balaban J connectivity index is 1.07. The lowest BCUT2D eigenvalue weighted by molar-refractivity contribution is -0.311. The Kier molecular flexibility index (Phi) is 11.4. The standard InChI is InChI=1S/C52H47NO12/c1-53-28-27-52-36-24-26-39(46(52)62-42-38(58-2)25-23-35(41(42)52)29-37(36)53)60-51-45(65-50(57)34-21-13-6-14-22-34)44(64-49(56)33-19-11-5-12-20-33)43(63-48(55)32-17-9-4-10-18-32)40(61-51)30-59-47(54)31-15-7-3-8-16-31/h3-26,36-37,39-40,43-46,51H,27-30H2,1-2H3/t36-,37+,39-,40+,43+,44-,45+,46-,51+,52-/m0/s1. The van der Waals surface area contributed by atoms with E-state index in [1.807, 2.05) is 12.1 Å². The molecule has 2 bridgehead atoms. The molecule has 2 saturated heterocycles. The fraction of sp³-hybridized carbons (Fsp3) is 0.308. The summed E-state index contributed by atoms with van der Waals surface area (Å²) in [7, 11) is 3.77. The van der Waals surface area contributed by atoms with E-state index in [0.717, 1.165) is 24.9 Å². The SMILES string of the molecule is COc1ccc2c3c1O[C@H]1[C@@H](O[C@@H]4O[C@H](COC(=O)c5ccccc5)[C@@H](OC(=O)c5ccccc5)[C@H](OC(=O)c5ccccc5)[C@H]4OC(=O)c4ccccc4)C=C[C@H]4[C@@H](C2)N(C)CC[C@@]341. The zero-order valence-electron chi connectivity index (χ0n) is 35.7. The average Bonchev–Trinajstić information content (AvgIpc) is 3.71. The van der Waals surface area contributed by atoms with Crippen molar-refractivity contribution in [3.05, 3.63) is 179 Å². The van der Waals surface area contributed by atoms with Crippen LogP contribution in [0.5, 0.6) is 11.5 Å². The molecule has 0 N–H and O–H groups in total. The molecule has 10 atom stereocenters. The number of likely N-dealkylation sites (tertiary alicyclic amines) is 1. The van der Waals surface area contributed by atoms with E-state index in [4.69, 9.17) is 37.9 Å². The molecule has 3 heterocycles. The molecule has 3 aliphatic heterocycles. The van der Waals surface area contributed by atoms with Crippen molar-refractivity contribution < 1.29 is 57.1 Å². The Bertz CT molecular complexity index is 2590. The van der Waals surface area contributed by atoms with Crippen molar-refractivity contribution in [3.8, 4) is 11.5 Å². The zero-order valence-corrected chi connectivity index (χ0v) is 35.7. The summed E-state index contributed by atoms with van der Waals surface area (Å²) in [4.78, 5) is 58.4. The molecule has 5 aromatic carbocycles. The van der Waals surface area contributed by atoms with Gasteiger partial charge in [-0.3, -0.25) is 0 Å². The van der Waals surface area contributed by atoms with Gasteiger partial charge in [-0.2, -0.15) is 0 Å². The molecule has 13 nitrogen and oxygen atoms in total. The van der Waals surface area contributed by atoms with Gasteiger partial charge >= 0.3 is 23.9 Å². The highest BCUT2D eigenvalue weighted by atomic mass is 16.7. The highest BCUT2D eigenvalue weighted by Gasteiger charge is 2.65. The van der Waals surface area contributed by atoms with E-state index in [1.165, 1.54) is 5.56 Å². The minimum atomic E-state index is -1.57. The van der Waals surface area contributed by atoms with Crippen LogP contribution in [0, 0.1) is 5.92 Å².